The van der Waals surface area contributed by atoms with E-state index in [2.05, 4.69) is 11.8 Å². The Morgan fingerprint density at radius 3 is 2.61 bits per heavy atom. The van der Waals surface area contributed by atoms with Gasteiger partial charge in [-0.3, -0.25) is 9.59 Å². The summed E-state index contributed by atoms with van der Waals surface area (Å²) < 4.78 is 4.82. The topological polar surface area (TPSA) is 46.6 Å². The van der Waals surface area contributed by atoms with Crippen LogP contribution in [0.5, 0.6) is 0 Å². The normalized spacial score (nSPS) is 10.0. The van der Waals surface area contributed by atoms with Crippen LogP contribution in [0.25, 0.3) is 0 Å². The molecular formula is C19H23NO3. The lowest BCUT2D eigenvalue weighted by atomic mass is 10.2. The number of carbonyl (C=O) groups excluding carboxylic acids is 2. The summed E-state index contributed by atoms with van der Waals surface area (Å²) in [6, 6.07) is 9.77. The molecule has 1 amide bonds. The van der Waals surface area contributed by atoms with Crippen LogP contribution in [-0.2, 0) is 20.9 Å². The van der Waals surface area contributed by atoms with Gasteiger partial charge in [0.05, 0.1) is 0 Å². The van der Waals surface area contributed by atoms with Crippen molar-refractivity contribution >= 4 is 11.9 Å². The third-order valence-electron chi connectivity index (χ3n) is 2.95. The summed E-state index contributed by atoms with van der Waals surface area (Å²) in [5.41, 5.74) is 1.05. The average Bonchev–Trinajstić information content (AvgIpc) is 2.54. The van der Waals surface area contributed by atoms with E-state index >= 15 is 0 Å². The van der Waals surface area contributed by atoms with Gasteiger partial charge in [0.25, 0.3) is 5.91 Å². The van der Waals surface area contributed by atoms with E-state index in [4.69, 9.17) is 4.74 Å². The van der Waals surface area contributed by atoms with Crippen molar-refractivity contribution in [3.05, 3.63) is 48.0 Å². The third kappa shape index (κ3) is 8.47. The molecule has 0 fully saturated rings. The molecule has 0 heterocycles. The predicted molar refractivity (Wildman–Crippen MR) is 90.3 cm³/mol. The standard InChI is InChI=1S/C19H23NO3/c1-3-4-6-13-19(22)20(14-9-10-15-23-17(2)21)16-18-11-7-5-8-12-18/h5,7-12H,3-4,14-16H2,1-2H3/b10-9-. The lowest BCUT2D eigenvalue weighted by Gasteiger charge is -2.18. The van der Waals surface area contributed by atoms with Crippen LogP contribution in [0.1, 0.15) is 32.3 Å². The number of rotatable bonds is 7. The van der Waals surface area contributed by atoms with Gasteiger partial charge >= 0.3 is 5.97 Å². The van der Waals surface area contributed by atoms with Crippen LogP contribution in [-0.4, -0.2) is 29.9 Å². The fourth-order valence-electron chi connectivity index (χ4n) is 1.80. The van der Waals surface area contributed by atoms with Gasteiger partial charge in [-0.15, -0.1) is 0 Å². The van der Waals surface area contributed by atoms with Gasteiger partial charge in [0.1, 0.15) is 6.61 Å². The van der Waals surface area contributed by atoms with E-state index in [1.165, 1.54) is 6.92 Å². The average molecular weight is 313 g/mol. The lowest BCUT2D eigenvalue weighted by Crippen LogP contribution is -2.29. The van der Waals surface area contributed by atoms with Crippen LogP contribution in [0.15, 0.2) is 42.5 Å². The Morgan fingerprint density at radius 1 is 1.22 bits per heavy atom. The predicted octanol–water partition coefficient (Wildman–Crippen LogP) is 2.94. The van der Waals surface area contributed by atoms with Crippen molar-refractivity contribution in [2.24, 2.45) is 0 Å². The van der Waals surface area contributed by atoms with Gasteiger partial charge in [-0.25, -0.2) is 0 Å². The fourth-order valence-corrected chi connectivity index (χ4v) is 1.80. The molecule has 0 N–H and O–H groups in total. The maximum absolute atomic E-state index is 12.2. The Hall–Kier alpha value is -2.54. The second kappa shape index (κ2) is 11.1. The molecule has 0 spiro atoms. The summed E-state index contributed by atoms with van der Waals surface area (Å²) in [6.07, 6.45) is 5.19. The number of hydrogen-bond donors (Lipinski definition) is 0. The molecule has 0 aliphatic rings. The van der Waals surface area contributed by atoms with Gasteiger partial charge in [-0.2, -0.15) is 0 Å². The van der Waals surface area contributed by atoms with E-state index in [1.54, 1.807) is 11.0 Å². The second-order valence-corrected chi connectivity index (χ2v) is 5.00. The van der Waals surface area contributed by atoms with Crippen molar-refractivity contribution in [1.29, 1.82) is 0 Å². The smallest absolute Gasteiger partial charge is 0.302 e. The highest BCUT2D eigenvalue weighted by molar-refractivity contribution is 5.93. The Kier molecular flexibility index (Phi) is 8.92. The highest BCUT2D eigenvalue weighted by Gasteiger charge is 2.10. The molecule has 4 heteroatoms. The van der Waals surface area contributed by atoms with Crippen LogP contribution in [0.4, 0.5) is 0 Å². The first kappa shape index (κ1) is 18.5. The summed E-state index contributed by atoms with van der Waals surface area (Å²) in [5, 5.41) is 0. The van der Waals surface area contributed by atoms with Crippen LogP contribution >= 0.6 is 0 Å². The zero-order valence-electron chi connectivity index (χ0n) is 13.7. The SMILES string of the molecule is CCCC#CC(=O)N(C/C=C\COC(C)=O)Cc1ccccc1. The molecule has 0 unspecified atom stereocenters. The molecule has 0 radical (unpaired) electrons. The summed E-state index contributed by atoms with van der Waals surface area (Å²) in [4.78, 5) is 24.6. The Bertz CT molecular complexity index is 582. The van der Waals surface area contributed by atoms with Crippen molar-refractivity contribution in [3.8, 4) is 11.8 Å². The van der Waals surface area contributed by atoms with Crippen molar-refractivity contribution in [3.63, 3.8) is 0 Å². The summed E-state index contributed by atoms with van der Waals surface area (Å²) in [6.45, 7) is 4.53. The van der Waals surface area contributed by atoms with Gasteiger partial charge in [-0.05, 0) is 24.0 Å². The van der Waals surface area contributed by atoms with Gasteiger partial charge in [-0.1, -0.05) is 49.3 Å². The number of ether oxygens (including phenoxy) is 1. The van der Waals surface area contributed by atoms with Gasteiger partial charge < -0.3 is 9.64 Å². The van der Waals surface area contributed by atoms with Crippen molar-refractivity contribution in [2.45, 2.75) is 33.2 Å². The van der Waals surface area contributed by atoms with Gasteiger partial charge in [0, 0.05) is 26.4 Å². The van der Waals surface area contributed by atoms with E-state index in [0.717, 1.165) is 12.0 Å². The number of esters is 1. The van der Waals surface area contributed by atoms with Crippen LogP contribution in [0.3, 0.4) is 0 Å². The quantitative estimate of drug-likeness (QED) is 0.442. The van der Waals surface area contributed by atoms with E-state index in [0.29, 0.717) is 19.5 Å². The third-order valence-corrected chi connectivity index (χ3v) is 2.95. The summed E-state index contributed by atoms with van der Waals surface area (Å²) in [5.74, 6) is 5.05. The molecule has 0 saturated carbocycles. The molecular weight excluding hydrogens is 290 g/mol. The highest BCUT2D eigenvalue weighted by atomic mass is 16.5. The molecule has 1 rings (SSSR count). The first-order valence-electron chi connectivity index (χ1n) is 7.73. The van der Waals surface area contributed by atoms with E-state index in [9.17, 15) is 9.59 Å². The lowest BCUT2D eigenvalue weighted by molar-refractivity contribution is -0.139. The number of carbonyl (C=O) groups is 2. The first-order valence-corrected chi connectivity index (χ1v) is 7.73. The number of nitrogens with zero attached hydrogens (tertiary/aromatic N) is 1. The van der Waals surface area contributed by atoms with E-state index in [1.807, 2.05) is 43.3 Å². The summed E-state index contributed by atoms with van der Waals surface area (Å²) >= 11 is 0. The summed E-state index contributed by atoms with van der Waals surface area (Å²) in [7, 11) is 0. The molecule has 122 valence electrons. The van der Waals surface area contributed by atoms with E-state index < -0.39 is 0 Å². The fraction of sp³-hybridized carbons (Fsp3) is 0.368. The molecule has 0 saturated heterocycles. The molecule has 0 bridgehead atoms. The number of amides is 1. The maximum atomic E-state index is 12.2. The Labute approximate surface area is 138 Å². The second-order valence-electron chi connectivity index (χ2n) is 5.00. The molecule has 0 aliphatic carbocycles. The molecule has 1 aromatic rings. The zero-order chi connectivity index (χ0) is 16.9. The molecule has 1 aromatic carbocycles. The first-order chi connectivity index (χ1) is 11.1. The number of unbranched alkanes of at least 4 members (excludes halogenated alkanes) is 1. The monoisotopic (exact) mass is 313 g/mol. The van der Waals surface area contributed by atoms with Crippen LogP contribution in [0.2, 0.25) is 0 Å². The Morgan fingerprint density at radius 2 is 1.96 bits per heavy atom. The largest absolute Gasteiger partial charge is 0.462 e. The van der Waals surface area contributed by atoms with Gasteiger partial charge in [0.2, 0.25) is 0 Å². The molecule has 0 atom stereocenters. The van der Waals surface area contributed by atoms with Crippen molar-refractivity contribution in [1.82, 2.24) is 4.90 Å². The Balaban J connectivity index is 2.66. The van der Waals surface area contributed by atoms with Gasteiger partial charge in [0.15, 0.2) is 0 Å². The van der Waals surface area contributed by atoms with Crippen LogP contribution in [0, 0.1) is 11.8 Å². The molecule has 0 aliphatic heterocycles. The van der Waals surface area contributed by atoms with Crippen LogP contribution < -0.4 is 0 Å². The molecule has 23 heavy (non-hydrogen) atoms. The minimum atomic E-state index is -0.322. The molecule has 0 aromatic heterocycles. The van der Waals surface area contributed by atoms with Crippen molar-refractivity contribution in [2.75, 3.05) is 13.2 Å². The van der Waals surface area contributed by atoms with E-state index in [-0.39, 0.29) is 18.5 Å². The maximum Gasteiger partial charge on any atom is 0.302 e. The highest BCUT2D eigenvalue weighted by Crippen LogP contribution is 2.05. The minimum Gasteiger partial charge on any atom is -0.462 e. The number of hydrogen-bond acceptors (Lipinski definition) is 3. The molecule has 4 nitrogen and oxygen atoms in total. The minimum absolute atomic E-state index is 0.195. The van der Waals surface area contributed by atoms with Crippen molar-refractivity contribution < 1.29 is 14.3 Å². The zero-order valence-corrected chi connectivity index (χ0v) is 13.7. The number of benzene rings is 1.